The molecular weight excluding hydrogens is 152 g/mol. The Morgan fingerprint density at radius 3 is 3.25 bits per heavy atom. The predicted octanol–water partition coefficient (Wildman–Crippen LogP) is 0.488. The van der Waals surface area contributed by atoms with Crippen molar-refractivity contribution in [3.63, 3.8) is 0 Å². The van der Waals surface area contributed by atoms with Gasteiger partial charge >= 0.3 is 0 Å². The van der Waals surface area contributed by atoms with Crippen molar-refractivity contribution in [3.8, 4) is 0 Å². The van der Waals surface area contributed by atoms with Gasteiger partial charge in [-0.05, 0) is 25.9 Å². The molecule has 1 atom stereocenters. The van der Waals surface area contributed by atoms with Crippen LogP contribution in [-0.4, -0.2) is 32.3 Å². The third-order valence-corrected chi connectivity index (χ3v) is 2.05. The van der Waals surface area contributed by atoms with Gasteiger partial charge in [0.15, 0.2) is 0 Å². The van der Waals surface area contributed by atoms with Crippen LogP contribution in [0.1, 0.15) is 12.8 Å². The number of hydrogen-bond donors (Lipinski definition) is 2. The molecule has 12 heavy (non-hydrogen) atoms. The zero-order chi connectivity index (χ0) is 8.65. The smallest absolute Gasteiger partial charge is 0.0885 e. The molecule has 1 heterocycles. The summed E-state index contributed by atoms with van der Waals surface area (Å²) in [6, 6.07) is 0.675. The summed E-state index contributed by atoms with van der Waals surface area (Å²) in [5.74, 6) is 0. The molecule has 3 heteroatoms. The number of hydrogen-bond acceptors (Lipinski definition) is 3. The first-order valence-corrected chi connectivity index (χ1v) is 4.60. The van der Waals surface area contributed by atoms with Gasteiger partial charge in [0, 0.05) is 12.6 Å². The van der Waals surface area contributed by atoms with Crippen molar-refractivity contribution in [3.05, 3.63) is 12.8 Å². The van der Waals surface area contributed by atoms with Crippen LogP contribution in [-0.2, 0) is 4.74 Å². The second-order valence-corrected chi connectivity index (χ2v) is 3.03. The minimum atomic E-state index is 0.675. The molecule has 0 spiro atoms. The van der Waals surface area contributed by atoms with Gasteiger partial charge in [-0.25, -0.2) is 0 Å². The quantitative estimate of drug-likeness (QED) is 0.449. The van der Waals surface area contributed by atoms with E-state index in [2.05, 4.69) is 17.2 Å². The first kappa shape index (κ1) is 9.55. The molecule has 1 fully saturated rings. The van der Waals surface area contributed by atoms with E-state index in [1.807, 2.05) is 0 Å². The molecule has 3 nitrogen and oxygen atoms in total. The topological polar surface area (TPSA) is 33.3 Å². The zero-order valence-corrected chi connectivity index (χ0v) is 7.51. The Morgan fingerprint density at radius 1 is 1.67 bits per heavy atom. The summed E-state index contributed by atoms with van der Waals surface area (Å²) < 4.78 is 5.01. The van der Waals surface area contributed by atoms with E-state index in [9.17, 15) is 0 Å². The van der Waals surface area contributed by atoms with E-state index in [1.54, 1.807) is 0 Å². The molecule has 1 rings (SSSR count). The second kappa shape index (κ2) is 6.03. The summed E-state index contributed by atoms with van der Waals surface area (Å²) in [5, 5.41) is 6.78. The van der Waals surface area contributed by atoms with Crippen LogP contribution >= 0.6 is 0 Å². The van der Waals surface area contributed by atoms with Gasteiger partial charge in [0.2, 0.25) is 0 Å². The minimum absolute atomic E-state index is 0.675. The van der Waals surface area contributed by atoms with Crippen LogP contribution in [0.2, 0.25) is 0 Å². The lowest BCUT2D eigenvalue weighted by Crippen LogP contribution is -2.32. The van der Waals surface area contributed by atoms with Crippen molar-refractivity contribution in [1.82, 2.24) is 10.6 Å². The molecule has 0 aromatic carbocycles. The first-order chi connectivity index (χ1) is 5.93. The molecule has 0 aromatic heterocycles. The fraction of sp³-hybridized carbons (Fsp3) is 0.778. The second-order valence-electron chi connectivity index (χ2n) is 3.03. The van der Waals surface area contributed by atoms with E-state index < -0.39 is 0 Å². The molecule has 1 unspecified atom stereocenters. The van der Waals surface area contributed by atoms with Gasteiger partial charge < -0.3 is 15.4 Å². The Kier molecular flexibility index (Phi) is 4.80. The van der Waals surface area contributed by atoms with Crippen LogP contribution in [0.25, 0.3) is 0 Å². The van der Waals surface area contributed by atoms with Gasteiger partial charge in [0.1, 0.15) is 0 Å². The van der Waals surface area contributed by atoms with E-state index in [0.29, 0.717) is 6.04 Å². The average molecular weight is 170 g/mol. The molecule has 0 amide bonds. The van der Waals surface area contributed by atoms with Crippen LogP contribution < -0.4 is 10.6 Å². The normalized spacial score (nSPS) is 22.5. The highest BCUT2D eigenvalue weighted by Crippen LogP contribution is 1.96. The monoisotopic (exact) mass is 170 g/mol. The van der Waals surface area contributed by atoms with Gasteiger partial charge in [0.25, 0.3) is 0 Å². The summed E-state index contributed by atoms with van der Waals surface area (Å²) in [4.78, 5) is 0. The Balaban J connectivity index is 1.84. The molecule has 0 aromatic rings. The van der Waals surface area contributed by atoms with Gasteiger partial charge in [-0.1, -0.05) is 6.58 Å². The third kappa shape index (κ3) is 3.74. The Hall–Kier alpha value is -0.540. The largest absolute Gasteiger partial charge is 0.502 e. The lowest BCUT2D eigenvalue weighted by Gasteiger charge is -2.10. The number of rotatable bonds is 6. The van der Waals surface area contributed by atoms with E-state index >= 15 is 0 Å². The van der Waals surface area contributed by atoms with E-state index in [1.165, 1.54) is 12.7 Å². The SMILES string of the molecule is C=COCCCNC1CCNC1. The van der Waals surface area contributed by atoms with Crippen molar-refractivity contribution in [1.29, 1.82) is 0 Å². The summed E-state index contributed by atoms with van der Waals surface area (Å²) in [5.41, 5.74) is 0. The molecule has 0 bridgehead atoms. The first-order valence-electron chi connectivity index (χ1n) is 4.60. The van der Waals surface area contributed by atoms with Crippen LogP contribution in [0.5, 0.6) is 0 Å². The van der Waals surface area contributed by atoms with Gasteiger partial charge in [-0.15, -0.1) is 0 Å². The molecule has 1 aliphatic heterocycles. The molecular formula is C9H18N2O. The number of ether oxygens (including phenoxy) is 1. The van der Waals surface area contributed by atoms with Crippen molar-refractivity contribution in [2.24, 2.45) is 0 Å². The Morgan fingerprint density at radius 2 is 2.58 bits per heavy atom. The molecule has 70 valence electrons. The van der Waals surface area contributed by atoms with Crippen molar-refractivity contribution in [2.75, 3.05) is 26.2 Å². The average Bonchev–Trinajstić information content (AvgIpc) is 2.57. The number of nitrogens with one attached hydrogen (secondary N) is 2. The maximum Gasteiger partial charge on any atom is 0.0885 e. The van der Waals surface area contributed by atoms with Crippen LogP contribution in [0, 0.1) is 0 Å². The lowest BCUT2D eigenvalue weighted by atomic mass is 10.2. The van der Waals surface area contributed by atoms with Crippen LogP contribution in [0.4, 0.5) is 0 Å². The minimum Gasteiger partial charge on any atom is -0.502 e. The molecule has 1 aliphatic rings. The van der Waals surface area contributed by atoms with Crippen molar-refractivity contribution >= 4 is 0 Å². The summed E-state index contributed by atoms with van der Waals surface area (Å²) in [6.45, 7) is 7.57. The lowest BCUT2D eigenvalue weighted by molar-refractivity contribution is 0.243. The van der Waals surface area contributed by atoms with Crippen LogP contribution in [0.15, 0.2) is 12.8 Å². The van der Waals surface area contributed by atoms with Gasteiger partial charge in [-0.3, -0.25) is 0 Å². The van der Waals surface area contributed by atoms with Crippen molar-refractivity contribution < 1.29 is 4.74 Å². The fourth-order valence-corrected chi connectivity index (χ4v) is 1.37. The molecule has 0 saturated carbocycles. The zero-order valence-electron chi connectivity index (χ0n) is 7.51. The molecule has 2 N–H and O–H groups in total. The van der Waals surface area contributed by atoms with Crippen molar-refractivity contribution in [2.45, 2.75) is 18.9 Å². The van der Waals surface area contributed by atoms with Gasteiger partial charge in [0.05, 0.1) is 12.9 Å². The fourth-order valence-electron chi connectivity index (χ4n) is 1.37. The summed E-state index contributed by atoms with van der Waals surface area (Å²) in [7, 11) is 0. The van der Waals surface area contributed by atoms with Crippen LogP contribution in [0.3, 0.4) is 0 Å². The predicted molar refractivity (Wildman–Crippen MR) is 50.0 cm³/mol. The van der Waals surface area contributed by atoms with Gasteiger partial charge in [-0.2, -0.15) is 0 Å². The maximum atomic E-state index is 5.01. The standard InChI is InChI=1S/C9H18N2O/c1-2-12-7-3-5-11-9-4-6-10-8-9/h2,9-11H,1,3-8H2. The molecule has 1 saturated heterocycles. The van der Waals surface area contributed by atoms with E-state index in [0.717, 1.165) is 32.7 Å². The highest BCUT2D eigenvalue weighted by Gasteiger charge is 2.12. The molecule has 0 radical (unpaired) electrons. The highest BCUT2D eigenvalue weighted by atomic mass is 16.5. The Labute approximate surface area is 74.2 Å². The molecule has 0 aliphatic carbocycles. The summed E-state index contributed by atoms with van der Waals surface area (Å²) >= 11 is 0. The van der Waals surface area contributed by atoms with E-state index in [4.69, 9.17) is 4.74 Å². The highest BCUT2D eigenvalue weighted by molar-refractivity contribution is 4.76. The van der Waals surface area contributed by atoms with E-state index in [-0.39, 0.29) is 0 Å². The maximum absolute atomic E-state index is 5.01. The third-order valence-electron chi connectivity index (χ3n) is 2.05. The Bertz CT molecular complexity index is 122. The summed E-state index contributed by atoms with van der Waals surface area (Å²) in [6.07, 6.45) is 3.81.